The standard InChI is InChI=1S/C15H25FN2/c1-12(2)11-18(4)10-9-15(17-3)13-5-7-14(16)8-6-13/h5-8,12,15,17H,9-11H2,1-4H3. The Kier molecular flexibility index (Phi) is 6.30. The van der Waals surface area contributed by atoms with E-state index in [9.17, 15) is 4.39 Å². The van der Waals surface area contributed by atoms with Gasteiger partial charge in [-0.3, -0.25) is 0 Å². The van der Waals surface area contributed by atoms with Crippen molar-refractivity contribution in [3.05, 3.63) is 35.6 Å². The maximum atomic E-state index is 12.9. The zero-order valence-electron chi connectivity index (χ0n) is 11.9. The molecule has 0 fully saturated rings. The molecule has 3 heteroatoms. The molecule has 0 aliphatic carbocycles. The molecule has 2 nitrogen and oxygen atoms in total. The summed E-state index contributed by atoms with van der Waals surface area (Å²) in [5.74, 6) is 0.513. The normalized spacial score (nSPS) is 13.3. The molecular weight excluding hydrogens is 227 g/mol. The van der Waals surface area contributed by atoms with Gasteiger partial charge in [0.15, 0.2) is 0 Å². The summed E-state index contributed by atoms with van der Waals surface area (Å²) in [7, 11) is 4.11. The topological polar surface area (TPSA) is 15.3 Å². The quantitative estimate of drug-likeness (QED) is 0.802. The van der Waals surface area contributed by atoms with Crippen LogP contribution < -0.4 is 5.32 Å². The van der Waals surface area contributed by atoms with E-state index < -0.39 is 0 Å². The van der Waals surface area contributed by atoms with Gasteiger partial charge in [-0.05, 0) is 50.7 Å². The molecule has 1 aromatic rings. The van der Waals surface area contributed by atoms with Gasteiger partial charge in [-0.25, -0.2) is 4.39 Å². The highest BCUT2D eigenvalue weighted by Gasteiger charge is 2.10. The first-order valence-corrected chi connectivity index (χ1v) is 6.64. The van der Waals surface area contributed by atoms with Gasteiger partial charge in [-0.1, -0.05) is 26.0 Å². The first-order valence-electron chi connectivity index (χ1n) is 6.64. The molecule has 1 unspecified atom stereocenters. The molecule has 102 valence electrons. The lowest BCUT2D eigenvalue weighted by Crippen LogP contribution is -2.28. The Morgan fingerprint density at radius 2 is 1.83 bits per heavy atom. The van der Waals surface area contributed by atoms with Gasteiger partial charge >= 0.3 is 0 Å². The van der Waals surface area contributed by atoms with Gasteiger partial charge in [-0.15, -0.1) is 0 Å². The molecule has 0 amide bonds. The highest BCUT2D eigenvalue weighted by molar-refractivity contribution is 5.19. The number of halogens is 1. The predicted octanol–water partition coefficient (Wildman–Crippen LogP) is 3.06. The first-order chi connectivity index (χ1) is 8.52. The Hall–Kier alpha value is -0.930. The minimum absolute atomic E-state index is 0.175. The molecule has 0 saturated carbocycles. The molecule has 0 heterocycles. The predicted molar refractivity (Wildman–Crippen MR) is 75.2 cm³/mol. The summed E-state index contributed by atoms with van der Waals surface area (Å²) in [6.45, 7) is 6.61. The molecule has 1 aromatic carbocycles. The van der Waals surface area contributed by atoms with Gasteiger partial charge in [0.05, 0.1) is 0 Å². The number of hydrogen-bond donors (Lipinski definition) is 1. The lowest BCUT2D eigenvalue weighted by atomic mass is 10.0. The average Bonchev–Trinajstić information content (AvgIpc) is 2.31. The van der Waals surface area contributed by atoms with E-state index >= 15 is 0 Å². The Bertz CT molecular complexity index is 335. The van der Waals surface area contributed by atoms with Crippen LogP contribution in [0.3, 0.4) is 0 Å². The SMILES string of the molecule is CNC(CCN(C)CC(C)C)c1ccc(F)cc1. The van der Waals surface area contributed by atoms with E-state index in [0.717, 1.165) is 25.1 Å². The van der Waals surface area contributed by atoms with E-state index in [4.69, 9.17) is 0 Å². The second-order valence-electron chi connectivity index (χ2n) is 5.34. The second kappa shape index (κ2) is 7.49. The summed E-state index contributed by atoms with van der Waals surface area (Å²) < 4.78 is 12.9. The maximum absolute atomic E-state index is 12.9. The van der Waals surface area contributed by atoms with Gasteiger partial charge < -0.3 is 10.2 Å². The molecule has 0 bridgehead atoms. The molecule has 1 rings (SSSR count). The molecule has 1 N–H and O–H groups in total. The Morgan fingerprint density at radius 1 is 1.22 bits per heavy atom. The van der Waals surface area contributed by atoms with Crippen LogP contribution in [0.1, 0.15) is 31.9 Å². The molecule has 1 atom stereocenters. The lowest BCUT2D eigenvalue weighted by Gasteiger charge is -2.23. The van der Waals surface area contributed by atoms with Crippen LogP contribution in [0.5, 0.6) is 0 Å². The smallest absolute Gasteiger partial charge is 0.123 e. The van der Waals surface area contributed by atoms with Crippen molar-refractivity contribution in [3.63, 3.8) is 0 Å². The zero-order valence-corrected chi connectivity index (χ0v) is 11.9. The summed E-state index contributed by atoms with van der Waals surface area (Å²) in [4.78, 5) is 2.35. The zero-order chi connectivity index (χ0) is 13.5. The van der Waals surface area contributed by atoms with Gasteiger partial charge in [0, 0.05) is 12.6 Å². The van der Waals surface area contributed by atoms with E-state index in [1.807, 2.05) is 19.2 Å². The van der Waals surface area contributed by atoms with Gasteiger partial charge in [0.1, 0.15) is 5.82 Å². The summed E-state index contributed by atoms with van der Waals surface area (Å²) >= 11 is 0. The molecule has 0 radical (unpaired) electrons. The Morgan fingerprint density at radius 3 is 2.33 bits per heavy atom. The van der Waals surface area contributed by atoms with Crippen molar-refractivity contribution < 1.29 is 4.39 Å². The summed E-state index contributed by atoms with van der Waals surface area (Å²) in [6.07, 6.45) is 1.03. The van der Waals surface area contributed by atoms with Crippen LogP contribution in [-0.2, 0) is 0 Å². The average molecular weight is 252 g/mol. The number of nitrogens with one attached hydrogen (secondary N) is 1. The maximum Gasteiger partial charge on any atom is 0.123 e. The largest absolute Gasteiger partial charge is 0.313 e. The van der Waals surface area contributed by atoms with Crippen LogP contribution >= 0.6 is 0 Å². The van der Waals surface area contributed by atoms with Crippen molar-refractivity contribution >= 4 is 0 Å². The van der Waals surface area contributed by atoms with Crippen molar-refractivity contribution in [2.75, 3.05) is 27.2 Å². The van der Waals surface area contributed by atoms with E-state index in [2.05, 4.69) is 31.1 Å². The third-order valence-electron chi connectivity index (χ3n) is 3.10. The first kappa shape index (κ1) is 15.1. The van der Waals surface area contributed by atoms with Crippen molar-refractivity contribution in [3.8, 4) is 0 Å². The van der Waals surface area contributed by atoms with E-state index in [1.54, 1.807) is 0 Å². The van der Waals surface area contributed by atoms with Crippen molar-refractivity contribution in [2.45, 2.75) is 26.3 Å². The summed E-state index contributed by atoms with van der Waals surface area (Å²) in [5, 5.41) is 3.30. The van der Waals surface area contributed by atoms with Gasteiger partial charge in [0.2, 0.25) is 0 Å². The molecule has 0 aliphatic rings. The summed E-state index contributed by atoms with van der Waals surface area (Å²) in [6, 6.07) is 7.06. The van der Waals surface area contributed by atoms with Crippen molar-refractivity contribution in [2.24, 2.45) is 5.92 Å². The minimum Gasteiger partial charge on any atom is -0.313 e. The van der Waals surface area contributed by atoms with Crippen LogP contribution in [0.4, 0.5) is 4.39 Å². The van der Waals surface area contributed by atoms with Gasteiger partial charge in [-0.2, -0.15) is 0 Å². The highest BCUT2D eigenvalue weighted by Crippen LogP contribution is 2.17. The molecule has 0 aliphatic heterocycles. The molecule has 0 aromatic heterocycles. The Labute approximate surface area is 110 Å². The fourth-order valence-electron chi connectivity index (χ4n) is 2.24. The van der Waals surface area contributed by atoms with E-state index in [0.29, 0.717) is 12.0 Å². The molecule has 0 spiro atoms. The summed E-state index contributed by atoms with van der Waals surface area (Å²) in [5.41, 5.74) is 1.15. The van der Waals surface area contributed by atoms with Crippen molar-refractivity contribution in [1.29, 1.82) is 0 Å². The number of rotatable bonds is 7. The molecule has 0 saturated heterocycles. The number of nitrogens with zero attached hydrogens (tertiary/aromatic N) is 1. The molecular formula is C15H25FN2. The lowest BCUT2D eigenvalue weighted by molar-refractivity contribution is 0.279. The molecule has 18 heavy (non-hydrogen) atoms. The van der Waals surface area contributed by atoms with E-state index in [1.165, 1.54) is 12.1 Å². The third kappa shape index (κ3) is 5.15. The number of hydrogen-bond acceptors (Lipinski definition) is 2. The van der Waals surface area contributed by atoms with Crippen molar-refractivity contribution in [1.82, 2.24) is 10.2 Å². The third-order valence-corrected chi connectivity index (χ3v) is 3.10. The van der Waals surface area contributed by atoms with Crippen LogP contribution in [0.15, 0.2) is 24.3 Å². The van der Waals surface area contributed by atoms with Crippen LogP contribution in [-0.4, -0.2) is 32.1 Å². The Balaban J connectivity index is 2.49. The van der Waals surface area contributed by atoms with Crippen LogP contribution in [0.2, 0.25) is 0 Å². The van der Waals surface area contributed by atoms with Crippen LogP contribution in [0.25, 0.3) is 0 Å². The van der Waals surface area contributed by atoms with Gasteiger partial charge in [0.25, 0.3) is 0 Å². The van der Waals surface area contributed by atoms with Crippen LogP contribution in [0, 0.1) is 11.7 Å². The number of benzene rings is 1. The minimum atomic E-state index is -0.175. The monoisotopic (exact) mass is 252 g/mol. The second-order valence-corrected chi connectivity index (χ2v) is 5.34. The van der Waals surface area contributed by atoms with E-state index in [-0.39, 0.29) is 5.82 Å². The highest BCUT2D eigenvalue weighted by atomic mass is 19.1. The fraction of sp³-hybridized carbons (Fsp3) is 0.600. The fourth-order valence-corrected chi connectivity index (χ4v) is 2.24.